The first-order valence-corrected chi connectivity index (χ1v) is 9.49. The van der Waals surface area contributed by atoms with Crippen LogP contribution in [-0.4, -0.2) is 82.1 Å². The number of morpholine rings is 1. The predicted molar refractivity (Wildman–Crippen MR) is 88.1 cm³/mol. The molecular formula is C15H24N4O3S. The number of aromatic nitrogens is 1. The smallest absolute Gasteiger partial charge is 0.244 e. The quantitative estimate of drug-likeness (QED) is 0.786. The van der Waals surface area contributed by atoms with E-state index >= 15 is 0 Å². The van der Waals surface area contributed by atoms with E-state index in [0.29, 0.717) is 26.3 Å². The van der Waals surface area contributed by atoms with Crippen LogP contribution in [0.4, 0.5) is 5.82 Å². The van der Waals surface area contributed by atoms with Crippen LogP contribution in [0, 0.1) is 0 Å². The number of sulfonamides is 1. The third-order valence-electron chi connectivity index (χ3n) is 4.37. The molecule has 23 heavy (non-hydrogen) atoms. The number of ether oxygens (including phenoxy) is 1. The molecule has 2 aliphatic rings. The van der Waals surface area contributed by atoms with E-state index in [9.17, 15) is 8.42 Å². The Kier molecular flexibility index (Phi) is 5.15. The summed E-state index contributed by atoms with van der Waals surface area (Å²) in [7, 11) is -1.34. The third-order valence-corrected chi connectivity index (χ3v) is 6.25. The molecule has 0 spiro atoms. The first-order valence-electron chi connectivity index (χ1n) is 8.05. The minimum Gasteiger partial charge on any atom is -0.379 e. The molecule has 0 bridgehead atoms. The topological polar surface area (TPSA) is 66.0 Å². The lowest BCUT2D eigenvalue weighted by atomic mass is 10.3. The summed E-state index contributed by atoms with van der Waals surface area (Å²) in [4.78, 5) is 9.18. The van der Waals surface area contributed by atoms with Crippen molar-refractivity contribution in [3.8, 4) is 0 Å². The molecule has 3 heterocycles. The molecule has 128 valence electrons. The van der Waals surface area contributed by atoms with Gasteiger partial charge in [-0.15, -0.1) is 0 Å². The maximum atomic E-state index is 12.6. The van der Waals surface area contributed by atoms with Gasteiger partial charge in [0.25, 0.3) is 0 Å². The molecule has 0 saturated carbocycles. The number of likely N-dealkylation sites (N-methyl/N-ethyl adjacent to an activating group) is 1. The number of hydrogen-bond donors (Lipinski definition) is 0. The molecule has 0 aromatic carbocycles. The number of hydrogen-bond acceptors (Lipinski definition) is 6. The van der Waals surface area contributed by atoms with E-state index in [1.165, 1.54) is 10.5 Å². The van der Waals surface area contributed by atoms with Crippen molar-refractivity contribution in [2.24, 2.45) is 0 Å². The Labute approximate surface area is 137 Å². The van der Waals surface area contributed by atoms with E-state index in [0.717, 1.165) is 38.4 Å². The van der Waals surface area contributed by atoms with Gasteiger partial charge in [-0.3, -0.25) is 0 Å². The van der Waals surface area contributed by atoms with Crippen molar-refractivity contribution in [1.29, 1.82) is 0 Å². The Morgan fingerprint density at radius 1 is 1.04 bits per heavy atom. The van der Waals surface area contributed by atoms with Crippen LogP contribution in [0.1, 0.15) is 6.42 Å². The van der Waals surface area contributed by atoms with Crippen molar-refractivity contribution < 1.29 is 13.2 Å². The second-order valence-electron chi connectivity index (χ2n) is 6.01. The van der Waals surface area contributed by atoms with Gasteiger partial charge in [0.15, 0.2) is 0 Å². The Morgan fingerprint density at radius 2 is 1.83 bits per heavy atom. The van der Waals surface area contributed by atoms with E-state index in [-0.39, 0.29) is 4.90 Å². The standard InChI is InChI=1S/C15H24N4O3S/c1-17-5-2-6-18(8-7-17)15-4-3-14(13-16-15)23(20,21)19-9-11-22-12-10-19/h3-4,13H,2,5-12H2,1H3. The molecule has 0 atom stereocenters. The molecule has 1 aromatic heterocycles. The van der Waals surface area contributed by atoms with Gasteiger partial charge in [0.1, 0.15) is 10.7 Å². The number of rotatable bonds is 3. The summed E-state index contributed by atoms with van der Waals surface area (Å²) < 4.78 is 31.8. The zero-order valence-electron chi connectivity index (χ0n) is 13.5. The van der Waals surface area contributed by atoms with Gasteiger partial charge >= 0.3 is 0 Å². The summed E-state index contributed by atoms with van der Waals surface area (Å²) in [5.41, 5.74) is 0. The van der Waals surface area contributed by atoms with Gasteiger partial charge in [-0.05, 0) is 32.1 Å². The Balaban J connectivity index is 1.73. The predicted octanol–water partition coefficient (Wildman–Crippen LogP) is 0.244. The first kappa shape index (κ1) is 16.6. The van der Waals surface area contributed by atoms with Gasteiger partial charge < -0.3 is 14.5 Å². The fraction of sp³-hybridized carbons (Fsp3) is 0.667. The molecule has 0 amide bonds. The fourth-order valence-corrected chi connectivity index (χ4v) is 4.28. The van der Waals surface area contributed by atoms with Crippen LogP contribution < -0.4 is 4.90 Å². The SMILES string of the molecule is CN1CCCN(c2ccc(S(=O)(=O)N3CCOCC3)cn2)CC1. The molecule has 7 nitrogen and oxygen atoms in total. The van der Waals surface area contributed by atoms with Crippen LogP contribution in [0.15, 0.2) is 23.2 Å². The highest BCUT2D eigenvalue weighted by Gasteiger charge is 2.26. The second-order valence-corrected chi connectivity index (χ2v) is 7.95. The highest BCUT2D eigenvalue weighted by Crippen LogP contribution is 2.20. The van der Waals surface area contributed by atoms with Crippen LogP contribution in [0.3, 0.4) is 0 Å². The zero-order chi connectivity index (χ0) is 16.3. The highest BCUT2D eigenvalue weighted by atomic mass is 32.2. The molecule has 1 aromatic rings. The maximum Gasteiger partial charge on any atom is 0.244 e. The van der Waals surface area contributed by atoms with Gasteiger partial charge in [0.2, 0.25) is 10.0 Å². The average Bonchev–Trinajstić information content (AvgIpc) is 2.80. The van der Waals surface area contributed by atoms with Gasteiger partial charge in [0.05, 0.1) is 13.2 Å². The normalized spacial score (nSPS) is 22.0. The molecular weight excluding hydrogens is 316 g/mol. The third kappa shape index (κ3) is 3.82. The fourth-order valence-electron chi connectivity index (χ4n) is 2.92. The summed E-state index contributed by atoms with van der Waals surface area (Å²) in [6, 6.07) is 3.49. The monoisotopic (exact) mass is 340 g/mol. The van der Waals surface area contributed by atoms with Gasteiger partial charge in [-0.2, -0.15) is 4.31 Å². The lowest BCUT2D eigenvalue weighted by Gasteiger charge is -2.26. The van der Waals surface area contributed by atoms with E-state index in [1.807, 2.05) is 6.07 Å². The van der Waals surface area contributed by atoms with Crippen molar-refractivity contribution in [3.05, 3.63) is 18.3 Å². The summed E-state index contributed by atoms with van der Waals surface area (Å²) in [6.45, 7) is 5.66. The minimum absolute atomic E-state index is 0.259. The van der Waals surface area contributed by atoms with Crippen molar-refractivity contribution in [3.63, 3.8) is 0 Å². The molecule has 0 unspecified atom stereocenters. The van der Waals surface area contributed by atoms with E-state index in [1.54, 1.807) is 6.07 Å². The van der Waals surface area contributed by atoms with Crippen LogP contribution >= 0.6 is 0 Å². The Bertz CT molecular complexity index is 614. The Morgan fingerprint density at radius 3 is 2.52 bits per heavy atom. The lowest BCUT2D eigenvalue weighted by Crippen LogP contribution is -2.40. The summed E-state index contributed by atoms with van der Waals surface area (Å²) in [5.74, 6) is 0.848. The largest absolute Gasteiger partial charge is 0.379 e. The van der Waals surface area contributed by atoms with E-state index in [2.05, 4.69) is 21.8 Å². The van der Waals surface area contributed by atoms with Crippen LogP contribution in [0.2, 0.25) is 0 Å². The maximum absolute atomic E-state index is 12.6. The number of pyridine rings is 1. The van der Waals surface area contributed by atoms with Crippen LogP contribution in [-0.2, 0) is 14.8 Å². The van der Waals surface area contributed by atoms with Crippen LogP contribution in [0.25, 0.3) is 0 Å². The van der Waals surface area contributed by atoms with Gasteiger partial charge in [-0.1, -0.05) is 0 Å². The molecule has 2 saturated heterocycles. The summed E-state index contributed by atoms with van der Waals surface area (Å²) in [5, 5.41) is 0. The minimum atomic E-state index is -3.46. The van der Waals surface area contributed by atoms with Gasteiger partial charge in [0, 0.05) is 38.9 Å². The van der Waals surface area contributed by atoms with E-state index in [4.69, 9.17) is 4.74 Å². The average molecular weight is 340 g/mol. The molecule has 8 heteroatoms. The molecule has 2 fully saturated rings. The zero-order valence-corrected chi connectivity index (χ0v) is 14.3. The molecule has 2 aliphatic heterocycles. The molecule has 3 rings (SSSR count). The van der Waals surface area contributed by atoms with Crippen molar-refractivity contribution in [2.45, 2.75) is 11.3 Å². The summed E-state index contributed by atoms with van der Waals surface area (Å²) in [6.07, 6.45) is 2.57. The van der Waals surface area contributed by atoms with E-state index < -0.39 is 10.0 Å². The molecule has 0 N–H and O–H groups in total. The number of nitrogens with zero attached hydrogens (tertiary/aromatic N) is 4. The van der Waals surface area contributed by atoms with Crippen molar-refractivity contribution in [1.82, 2.24) is 14.2 Å². The number of anilines is 1. The van der Waals surface area contributed by atoms with Crippen molar-refractivity contribution >= 4 is 15.8 Å². The Hall–Kier alpha value is -1.22. The van der Waals surface area contributed by atoms with Crippen LogP contribution in [0.5, 0.6) is 0 Å². The van der Waals surface area contributed by atoms with Crippen molar-refractivity contribution in [2.75, 3.05) is 64.4 Å². The second kappa shape index (κ2) is 7.12. The first-order chi connectivity index (χ1) is 11.1. The van der Waals surface area contributed by atoms with Gasteiger partial charge in [-0.25, -0.2) is 13.4 Å². The summed E-state index contributed by atoms with van der Waals surface area (Å²) >= 11 is 0. The lowest BCUT2D eigenvalue weighted by molar-refractivity contribution is 0.0730. The molecule has 0 radical (unpaired) electrons. The highest BCUT2D eigenvalue weighted by molar-refractivity contribution is 7.89. The molecule has 0 aliphatic carbocycles.